The summed E-state index contributed by atoms with van der Waals surface area (Å²) in [5, 5.41) is 3.42. The summed E-state index contributed by atoms with van der Waals surface area (Å²) in [6.07, 6.45) is 3.41. The Bertz CT molecular complexity index is 1090. The molecule has 0 aliphatic rings. The van der Waals surface area contributed by atoms with Crippen molar-refractivity contribution in [3.05, 3.63) is 81.7 Å². The average Bonchev–Trinajstić information content (AvgIpc) is 2.75. The summed E-state index contributed by atoms with van der Waals surface area (Å²) in [7, 11) is 1.55. The Morgan fingerprint density at radius 3 is 2.53 bits per heavy atom. The van der Waals surface area contributed by atoms with Gasteiger partial charge < -0.3 is 10.1 Å². The van der Waals surface area contributed by atoms with Gasteiger partial charge in [-0.1, -0.05) is 49.2 Å². The van der Waals surface area contributed by atoms with E-state index in [0.29, 0.717) is 22.0 Å². The summed E-state index contributed by atoms with van der Waals surface area (Å²) >= 11 is 6.23. The van der Waals surface area contributed by atoms with Gasteiger partial charge in [0.25, 0.3) is 5.56 Å². The molecule has 1 N–H and O–H groups in total. The van der Waals surface area contributed by atoms with Gasteiger partial charge >= 0.3 is 0 Å². The highest BCUT2D eigenvalue weighted by molar-refractivity contribution is 6.30. The number of rotatable bonds is 7. The van der Waals surface area contributed by atoms with Crippen LogP contribution in [0.1, 0.15) is 31.9 Å². The summed E-state index contributed by atoms with van der Waals surface area (Å²) < 4.78 is 6.96. The van der Waals surface area contributed by atoms with Gasteiger partial charge in [-0.15, -0.1) is 0 Å². The van der Waals surface area contributed by atoms with Crippen molar-refractivity contribution in [1.82, 2.24) is 4.57 Å². The van der Waals surface area contributed by atoms with Crippen molar-refractivity contribution < 1.29 is 9.53 Å². The molecule has 0 bridgehead atoms. The summed E-state index contributed by atoms with van der Waals surface area (Å²) in [5.74, 6) is 0.223. The number of para-hydroxylation sites is 1. The van der Waals surface area contributed by atoms with Gasteiger partial charge in [0.15, 0.2) is 0 Å². The zero-order valence-corrected chi connectivity index (χ0v) is 18.1. The molecular weight excluding hydrogens is 400 g/mol. The average molecular weight is 425 g/mol. The molecule has 0 fully saturated rings. The van der Waals surface area contributed by atoms with E-state index in [-0.39, 0.29) is 11.5 Å². The molecule has 1 amide bonds. The molecule has 1 atom stereocenters. The van der Waals surface area contributed by atoms with Crippen LogP contribution in [0.15, 0.2) is 65.6 Å². The minimum Gasteiger partial charge on any atom is -0.495 e. The highest BCUT2D eigenvalue weighted by Gasteiger charge is 2.20. The van der Waals surface area contributed by atoms with Crippen molar-refractivity contribution in [3.63, 3.8) is 0 Å². The molecule has 5 nitrogen and oxygen atoms in total. The van der Waals surface area contributed by atoms with Crippen molar-refractivity contribution in [2.45, 2.75) is 32.7 Å². The first-order valence-electron chi connectivity index (χ1n) is 9.89. The topological polar surface area (TPSA) is 60.3 Å². The fourth-order valence-corrected chi connectivity index (χ4v) is 3.56. The fraction of sp³-hybridized carbons (Fsp3) is 0.250. The zero-order chi connectivity index (χ0) is 21.7. The Kier molecular flexibility index (Phi) is 6.95. The van der Waals surface area contributed by atoms with Gasteiger partial charge in [-0.3, -0.25) is 14.2 Å². The first-order chi connectivity index (χ1) is 14.4. The molecule has 156 valence electrons. The second-order valence-corrected chi connectivity index (χ2v) is 7.52. The van der Waals surface area contributed by atoms with Gasteiger partial charge in [0.1, 0.15) is 11.8 Å². The van der Waals surface area contributed by atoms with E-state index < -0.39 is 6.04 Å². The van der Waals surface area contributed by atoms with E-state index in [1.807, 2.05) is 36.4 Å². The van der Waals surface area contributed by atoms with Crippen LogP contribution in [-0.4, -0.2) is 17.6 Å². The Balaban J connectivity index is 2.00. The van der Waals surface area contributed by atoms with E-state index in [1.54, 1.807) is 32.4 Å². The maximum atomic E-state index is 12.9. The second-order valence-electron chi connectivity index (χ2n) is 7.08. The number of hydrogen-bond acceptors (Lipinski definition) is 3. The molecular formula is C24H25ClN2O3. The van der Waals surface area contributed by atoms with Crippen molar-refractivity contribution in [1.29, 1.82) is 0 Å². The van der Waals surface area contributed by atoms with Crippen molar-refractivity contribution in [2.24, 2.45) is 0 Å². The molecule has 0 saturated heterocycles. The standard InChI is InChI=1S/C24H25ClN2O3/c1-4-8-17-11-12-18(25)13-20(17)21-14-23(28)27(15-22(21)30-3)16(2)24(29)26-19-9-6-5-7-10-19/h5-7,9-16H,4,8H2,1-3H3,(H,26,29)/t16-/m1/s1. The predicted molar refractivity (Wildman–Crippen MR) is 121 cm³/mol. The maximum absolute atomic E-state index is 12.9. The number of hydrogen-bond donors (Lipinski definition) is 1. The van der Waals surface area contributed by atoms with E-state index in [1.165, 1.54) is 10.6 Å². The van der Waals surface area contributed by atoms with Gasteiger partial charge in [-0.25, -0.2) is 0 Å². The lowest BCUT2D eigenvalue weighted by molar-refractivity contribution is -0.118. The molecule has 30 heavy (non-hydrogen) atoms. The number of benzene rings is 2. The molecule has 0 radical (unpaired) electrons. The zero-order valence-electron chi connectivity index (χ0n) is 17.3. The fourth-order valence-electron chi connectivity index (χ4n) is 3.39. The highest BCUT2D eigenvalue weighted by atomic mass is 35.5. The summed E-state index contributed by atoms with van der Waals surface area (Å²) in [5.41, 5.74) is 3.01. The Hall–Kier alpha value is -3.05. The predicted octanol–water partition coefficient (Wildman–Crippen LogP) is 5.33. The number of amides is 1. The van der Waals surface area contributed by atoms with Crippen molar-refractivity contribution in [3.8, 4) is 16.9 Å². The first-order valence-corrected chi connectivity index (χ1v) is 10.3. The van der Waals surface area contributed by atoms with Gasteiger partial charge in [0.2, 0.25) is 5.91 Å². The molecule has 3 aromatic rings. The van der Waals surface area contributed by atoms with Gasteiger partial charge in [-0.2, -0.15) is 0 Å². The monoisotopic (exact) mass is 424 g/mol. The number of carbonyl (C=O) groups is 1. The minimum atomic E-state index is -0.713. The van der Waals surface area contributed by atoms with Crippen molar-refractivity contribution >= 4 is 23.2 Å². The number of nitrogens with one attached hydrogen (secondary N) is 1. The number of pyridine rings is 1. The Morgan fingerprint density at radius 1 is 1.13 bits per heavy atom. The number of aromatic nitrogens is 1. The number of methoxy groups -OCH3 is 1. The van der Waals surface area contributed by atoms with Crippen LogP contribution in [0.2, 0.25) is 5.02 Å². The largest absolute Gasteiger partial charge is 0.495 e. The van der Waals surface area contributed by atoms with Gasteiger partial charge in [-0.05, 0) is 48.7 Å². The second kappa shape index (κ2) is 9.63. The summed E-state index contributed by atoms with van der Waals surface area (Å²) in [6.45, 7) is 3.78. The molecule has 0 aliphatic heterocycles. The molecule has 1 heterocycles. The third-order valence-electron chi connectivity index (χ3n) is 4.98. The quantitative estimate of drug-likeness (QED) is 0.557. The third-order valence-corrected chi connectivity index (χ3v) is 5.22. The minimum absolute atomic E-state index is 0.285. The molecule has 0 spiro atoms. The molecule has 3 rings (SSSR count). The highest BCUT2D eigenvalue weighted by Crippen LogP contribution is 2.34. The van der Waals surface area contributed by atoms with E-state index >= 15 is 0 Å². The van der Waals surface area contributed by atoms with Gasteiger partial charge in [0, 0.05) is 22.3 Å². The Labute approximate surface area is 181 Å². The van der Waals surface area contributed by atoms with Crippen LogP contribution < -0.4 is 15.6 Å². The lowest BCUT2D eigenvalue weighted by Crippen LogP contribution is -2.31. The number of anilines is 1. The number of ether oxygens (including phenoxy) is 1. The van der Waals surface area contributed by atoms with Crippen LogP contribution in [0.5, 0.6) is 5.75 Å². The van der Waals surface area contributed by atoms with E-state index in [2.05, 4.69) is 12.2 Å². The van der Waals surface area contributed by atoms with Crippen LogP contribution in [0.25, 0.3) is 11.1 Å². The van der Waals surface area contributed by atoms with Crippen LogP contribution in [0, 0.1) is 0 Å². The molecule has 6 heteroatoms. The number of halogens is 1. The van der Waals surface area contributed by atoms with Crippen LogP contribution in [-0.2, 0) is 11.2 Å². The van der Waals surface area contributed by atoms with E-state index in [0.717, 1.165) is 24.0 Å². The third kappa shape index (κ3) is 4.74. The first kappa shape index (κ1) is 21.7. The normalized spacial score (nSPS) is 11.7. The SMILES string of the molecule is CCCc1ccc(Cl)cc1-c1cc(=O)n([C@H](C)C(=O)Nc2ccccc2)cc1OC. The number of carbonyl (C=O) groups excluding carboxylic acids is 1. The van der Waals surface area contributed by atoms with Crippen LogP contribution >= 0.6 is 11.6 Å². The lowest BCUT2D eigenvalue weighted by atomic mass is 9.97. The molecule has 0 saturated carbocycles. The lowest BCUT2D eigenvalue weighted by Gasteiger charge is -2.19. The van der Waals surface area contributed by atoms with E-state index in [4.69, 9.17) is 16.3 Å². The van der Waals surface area contributed by atoms with Crippen molar-refractivity contribution in [2.75, 3.05) is 12.4 Å². The Morgan fingerprint density at radius 2 is 1.87 bits per heavy atom. The molecule has 1 aromatic heterocycles. The maximum Gasteiger partial charge on any atom is 0.252 e. The van der Waals surface area contributed by atoms with Gasteiger partial charge in [0.05, 0.1) is 13.3 Å². The molecule has 0 aliphatic carbocycles. The smallest absolute Gasteiger partial charge is 0.252 e. The summed E-state index contributed by atoms with van der Waals surface area (Å²) in [4.78, 5) is 25.6. The number of aryl methyl sites for hydroxylation is 1. The van der Waals surface area contributed by atoms with E-state index in [9.17, 15) is 9.59 Å². The molecule has 0 unspecified atom stereocenters. The summed E-state index contributed by atoms with van der Waals surface area (Å²) in [6, 6.07) is 15.6. The molecule has 2 aromatic carbocycles. The van der Waals surface area contributed by atoms with Crippen LogP contribution in [0.3, 0.4) is 0 Å². The van der Waals surface area contributed by atoms with Crippen LogP contribution in [0.4, 0.5) is 5.69 Å². The number of nitrogens with zero attached hydrogens (tertiary/aromatic N) is 1.